The smallest absolute Gasteiger partial charge is 0.248 e. The van der Waals surface area contributed by atoms with Crippen LogP contribution in [0.4, 0.5) is 0 Å². The van der Waals surface area contributed by atoms with E-state index < -0.39 is 6.61 Å². The van der Waals surface area contributed by atoms with Gasteiger partial charge in [-0.1, -0.05) is 35.3 Å². The van der Waals surface area contributed by atoms with Gasteiger partial charge in [-0.15, -0.1) is 0 Å². The third kappa shape index (κ3) is 4.12. The van der Waals surface area contributed by atoms with Gasteiger partial charge in [0, 0.05) is 32.6 Å². The lowest BCUT2D eigenvalue weighted by Crippen LogP contribution is -2.51. The van der Waals surface area contributed by atoms with Crippen LogP contribution >= 0.6 is 23.2 Å². The SMILES string of the molecule is O=C(CO)N1CCN(C(=O)CCc2cccc(Cl)c2Cl)CC1. The largest absolute Gasteiger partial charge is 0.387 e. The Bertz CT molecular complexity index is 558. The Hall–Kier alpha value is -1.30. The summed E-state index contributed by atoms with van der Waals surface area (Å²) in [5, 5.41) is 9.81. The first-order chi connectivity index (χ1) is 10.5. The highest BCUT2D eigenvalue weighted by Gasteiger charge is 2.23. The number of aliphatic hydroxyl groups excluding tert-OH is 1. The highest BCUT2D eigenvalue weighted by atomic mass is 35.5. The molecular formula is C15H18Cl2N2O3. The Labute approximate surface area is 139 Å². The maximum atomic E-state index is 12.2. The summed E-state index contributed by atoms with van der Waals surface area (Å²) in [6, 6.07) is 5.39. The van der Waals surface area contributed by atoms with Crippen LogP contribution in [0.5, 0.6) is 0 Å². The lowest BCUT2D eigenvalue weighted by atomic mass is 10.1. The van der Waals surface area contributed by atoms with Crippen molar-refractivity contribution in [3.63, 3.8) is 0 Å². The molecular weight excluding hydrogens is 327 g/mol. The van der Waals surface area contributed by atoms with E-state index in [9.17, 15) is 9.59 Å². The number of carbonyl (C=O) groups excluding carboxylic acids is 2. The molecule has 1 fully saturated rings. The van der Waals surface area contributed by atoms with Gasteiger partial charge in [0.25, 0.3) is 0 Å². The van der Waals surface area contributed by atoms with Gasteiger partial charge in [0.1, 0.15) is 6.61 Å². The summed E-state index contributed by atoms with van der Waals surface area (Å²) in [5.74, 6) is -0.259. The topological polar surface area (TPSA) is 60.9 Å². The summed E-state index contributed by atoms with van der Waals surface area (Å²) in [5.41, 5.74) is 0.858. The molecule has 2 amide bonds. The van der Waals surface area contributed by atoms with Crippen molar-refractivity contribution in [2.75, 3.05) is 32.8 Å². The van der Waals surface area contributed by atoms with Gasteiger partial charge in [-0.05, 0) is 18.1 Å². The fraction of sp³-hybridized carbons (Fsp3) is 0.467. The van der Waals surface area contributed by atoms with Crippen LogP contribution < -0.4 is 0 Å². The number of piperazine rings is 1. The molecule has 1 N–H and O–H groups in total. The normalized spacial score (nSPS) is 15.0. The van der Waals surface area contributed by atoms with E-state index in [1.54, 1.807) is 15.9 Å². The molecule has 5 nitrogen and oxygen atoms in total. The predicted molar refractivity (Wildman–Crippen MR) is 85.0 cm³/mol. The van der Waals surface area contributed by atoms with Crippen molar-refractivity contribution in [3.8, 4) is 0 Å². The van der Waals surface area contributed by atoms with Crippen molar-refractivity contribution >= 4 is 35.0 Å². The van der Waals surface area contributed by atoms with Crippen molar-refractivity contribution in [1.82, 2.24) is 9.80 Å². The summed E-state index contributed by atoms with van der Waals surface area (Å²) < 4.78 is 0. The lowest BCUT2D eigenvalue weighted by molar-refractivity contribution is -0.141. The molecule has 1 aromatic rings. The molecule has 22 heavy (non-hydrogen) atoms. The van der Waals surface area contributed by atoms with Crippen LogP contribution in [0.15, 0.2) is 18.2 Å². The Morgan fingerprint density at radius 3 is 2.23 bits per heavy atom. The van der Waals surface area contributed by atoms with Gasteiger partial charge in [-0.25, -0.2) is 0 Å². The van der Waals surface area contributed by atoms with Gasteiger partial charge in [0.15, 0.2) is 0 Å². The number of hydrogen-bond donors (Lipinski definition) is 1. The van der Waals surface area contributed by atoms with E-state index in [1.807, 2.05) is 12.1 Å². The van der Waals surface area contributed by atoms with Gasteiger partial charge in [-0.2, -0.15) is 0 Å². The van der Waals surface area contributed by atoms with Gasteiger partial charge in [0.05, 0.1) is 10.0 Å². The molecule has 2 rings (SSSR count). The van der Waals surface area contributed by atoms with E-state index in [0.29, 0.717) is 49.1 Å². The maximum Gasteiger partial charge on any atom is 0.248 e. The number of halogens is 2. The van der Waals surface area contributed by atoms with E-state index in [4.69, 9.17) is 28.3 Å². The van der Waals surface area contributed by atoms with Crippen LogP contribution in [0.3, 0.4) is 0 Å². The lowest BCUT2D eigenvalue weighted by Gasteiger charge is -2.34. The molecule has 0 bridgehead atoms. The molecule has 1 heterocycles. The fourth-order valence-electron chi connectivity index (χ4n) is 2.45. The molecule has 0 unspecified atom stereocenters. The standard InChI is InChI=1S/C15H18Cl2N2O3/c16-12-3-1-2-11(15(12)17)4-5-13(21)18-6-8-19(9-7-18)14(22)10-20/h1-3,20H,4-10H2. The summed E-state index contributed by atoms with van der Waals surface area (Å²) in [4.78, 5) is 26.9. The second-order valence-corrected chi connectivity index (χ2v) is 5.92. The Kier molecular flexibility index (Phi) is 6.06. The zero-order chi connectivity index (χ0) is 16.1. The van der Waals surface area contributed by atoms with Crippen molar-refractivity contribution in [2.24, 2.45) is 0 Å². The average Bonchev–Trinajstić information content (AvgIpc) is 2.55. The molecule has 1 aliphatic rings. The Balaban J connectivity index is 1.84. The van der Waals surface area contributed by atoms with Crippen LogP contribution in [0.25, 0.3) is 0 Å². The molecule has 0 atom stereocenters. The molecule has 0 spiro atoms. The number of amides is 2. The zero-order valence-electron chi connectivity index (χ0n) is 12.1. The van der Waals surface area contributed by atoms with Crippen LogP contribution in [0.2, 0.25) is 10.0 Å². The van der Waals surface area contributed by atoms with E-state index >= 15 is 0 Å². The van der Waals surface area contributed by atoms with Crippen LogP contribution in [-0.2, 0) is 16.0 Å². The predicted octanol–water partition coefficient (Wildman–Crippen LogP) is 1.59. The summed E-state index contributed by atoms with van der Waals surface area (Å²) in [7, 11) is 0. The highest BCUT2D eigenvalue weighted by molar-refractivity contribution is 6.42. The van der Waals surface area contributed by atoms with Gasteiger partial charge in [0.2, 0.25) is 11.8 Å². The Morgan fingerprint density at radius 1 is 1.05 bits per heavy atom. The maximum absolute atomic E-state index is 12.2. The van der Waals surface area contributed by atoms with E-state index in [2.05, 4.69) is 0 Å². The van der Waals surface area contributed by atoms with E-state index in [0.717, 1.165) is 5.56 Å². The third-order valence-electron chi connectivity index (χ3n) is 3.76. The van der Waals surface area contributed by atoms with Crippen molar-refractivity contribution < 1.29 is 14.7 Å². The highest BCUT2D eigenvalue weighted by Crippen LogP contribution is 2.26. The molecule has 1 aromatic carbocycles. The number of carbonyl (C=O) groups is 2. The second-order valence-electron chi connectivity index (χ2n) is 5.13. The van der Waals surface area contributed by atoms with Crippen molar-refractivity contribution in [2.45, 2.75) is 12.8 Å². The number of aryl methyl sites for hydroxylation is 1. The van der Waals surface area contributed by atoms with E-state index in [-0.39, 0.29) is 11.8 Å². The molecule has 1 saturated heterocycles. The first-order valence-electron chi connectivity index (χ1n) is 7.12. The monoisotopic (exact) mass is 344 g/mol. The number of benzene rings is 1. The van der Waals surface area contributed by atoms with Gasteiger partial charge in [-0.3, -0.25) is 9.59 Å². The molecule has 1 aliphatic heterocycles. The van der Waals surface area contributed by atoms with E-state index in [1.165, 1.54) is 0 Å². The van der Waals surface area contributed by atoms with Crippen molar-refractivity contribution in [1.29, 1.82) is 0 Å². The van der Waals surface area contributed by atoms with Crippen LogP contribution in [-0.4, -0.2) is 59.5 Å². The molecule has 0 saturated carbocycles. The summed E-state index contributed by atoms with van der Waals surface area (Å²) >= 11 is 12.1. The van der Waals surface area contributed by atoms with Crippen molar-refractivity contribution in [3.05, 3.63) is 33.8 Å². The second kappa shape index (κ2) is 7.81. The number of nitrogens with zero attached hydrogens (tertiary/aromatic N) is 2. The van der Waals surface area contributed by atoms with Gasteiger partial charge < -0.3 is 14.9 Å². The Morgan fingerprint density at radius 2 is 1.64 bits per heavy atom. The van der Waals surface area contributed by atoms with Crippen LogP contribution in [0, 0.1) is 0 Å². The third-order valence-corrected chi connectivity index (χ3v) is 4.62. The molecule has 0 radical (unpaired) electrons. The van der Waals surface area contributed by atoms with Crippen LogP contribution in [0.1, 0.15) is 12.0 Å². The molecule has 120 valence electrons. The number of hydrogen-bond acceptors (Lipinski definition) is 3. The number of rotatable bonds is 4. The summed E-state index contributed by atoms with van der Waals surface area (Å²) in [6.45, 7) is 1.43. The summed E-state index contributed by atoms with van der Waals surface area (Å²) in [6.07, 6.45) is 0.891. The first-order valence-corrected chi connectivity index (χ1v) is 7.88. The minimum absolute atomic E-state index is 0.0344. The number of aliphatic hydroxyl groups is 1. The molecule has 7 heteroatoms. The molecule has 0 aliphatic carbocycles. The molecule has 0 aromatic heterocycles. The first kappa shape index (κ1) is 17.1. The van der Waals surface area contributed by atoms with Gasteiger partial charge >= 0.3 is 0 Å². The average molecular weight is 345 g/mol. The zero-order valence-corrected chi connectivity index (χ0v) is 13.6. The fourth-order valence-corrected chi connectivity index (χ4v) is 2.86. The minimum Gasteiger partial charge on any atom is -0.387 e. The quantitative estimate of drug-likeness (QED) is 0.902. The minimum atomic E-state index is -0.485.